The zero-order valence-electron chi connectivity index (χ0n) is 15.2. The number of amides is 1. The van der Waals surface area contributed by atoms with Crippen LogP contribution in [0.4, 0.5) is 0 Å². The molecule has 0 aromatic carbocycles. The number of rotatable bonds is 2. The first-order chi connectivity index (χ1) is 11.6. The van der Waals surface area contributed by atoms with Gasteiger partial charge in [0.2, 0.25) is 0 Å². The first kappa shape index (κ1) is 16.2. The Balaban J connectivity index is 1.56. The van der Waals surface area contributed by atoms with Gasteiger partial charge in [-0.1, -0.05) is 19.3 Å². The van der Waals surface area contributed by atoms with Gasteiger partial charge in [0.15, 0.2) is 0 Å². The molecule has 1 N–H and O–H groups in total. The minimum Gasteiger partial charge on any atom is -0.345 e. The highest BCUT2D eigenvalue weighted by Gasteiger charge is 2.32. The summed E-state index contributed by atoms with van der Waals surface area (Å²) in [6, 6.07) is 3.87. The Morgan fingerprint density at radius 3 is 2.58 bits per heavy atom. The van der Waals surface area contributed by atoms with Gasteiger partial charge in [-0.05, 0) is 52.0 Å². The third-order valence-corrected chi connectivity index (χ3v) is 6.47. The van der Waals surface area contributed by atoms with Crippen molar-refractivity contribution >= 4 is 5.91 Å². The first-order valence-electron chi connectivity index (χ1n) is 9.87. The van der Waals surface area contributed by atoms with Gasteiger partial charge in [-0.3, -0.25) is 4.79 Å². The van der Waals surface area contributed by atoms with E-state index < -0.39 is 0 Å². The molecule has 3 fully saturated rings. The average molecular weight is 329 g/mol. The minimum absolute atomic E-state index is 0.250. The van der Waals surface area contributed by atoms with Gasteiger partial charge in [0, 0.05) is 42.6 Å². The smallest absolute Gasteiger partial charge is 0.255 e. The number of hydrogen-bond donors (Lipinski definition) is 1. The lowest BCUT2D eigenvalue weighted by molar-refractivity contribution is 0.0747. The van der Waals surface area contributed by atoms with Crippen LogP contribution in [-0.4, -0.2) is 40.5 Å². The van der Waals surface area contributed by atoms with Gasteiger partial charge in [0.25, 0.3) is 5.91 Å². The number of aryl methyl sites for hydroxylation is 1. The Morgan fingerprint density at radius 2 is 1.79 bits per heavy atom. The highest BCUT2D eigenvalue weighted by Crippen LogP contribution is 2.33. The van der Waals surface area contributed by atoms with E-state index in [1.165, 1.54) is 56.3 Å². The van der Waals surface area contributed by atoms with Crippen LogP contribution in [0.1, 0.15) is 79.2 Å². The van der Waals surface area contributed by atoms with Crippen LogP contribution in [-0.2, 0) is 0 Å². The summed E-state index contributed by atoms with van der Waals surface area (Å²) in [5, 5.41) is 3.67. The molecule has 0 spiro atoms. The van der Waals surface area contributed by atoms with Crippen molar-refractivity contribution in [3.05, 3.63) is 23.0 Å². The summed E-state index contributed by atoms with van der Waals surface area (Å²) in [6.07, 6.45) is 10.1. The van der Waals surface area contributed by atoms with E-state index in [0.717, 1.165) is 25.1 Å². The molecule has 2 unspecified atom stereocenters. The number of aromatic nitrogens is 1. The maximum absolute atomic E-state index is 13.2. The molecular weight excluding hydrogens is 298 g/mol. The molecule has 3 heterocycles. The summed E-state index contributed by atoms with van der Waals surface area (Å²) in [5.41, 5.74) is 3.39. The van der Waals surface area contributed by atoms with Gasteiger partial charge in [-0.15, -0.1) is 0 Å². The SMILES string of the molecule is Cc1cc(C(=O)N2CCC3CCC(C2)N3)c(C)n1C1CCCCC1. The van der Waals surface area contributed by atoms with Crippen molar-refractivity contribution in [3.8, 4) is 0 Å². The number of nitrogens with zero attached hydrogens (tertiary/aromatic N) is 2. The Labute approximate surface area is 145 Å². The predicted molar refractivity (Wildman–Crippen MR) is 96.5 cm³/mol. The summed E-state index contributed by atoms with van der Waals surface area (Å²) in [5.74, 6) is 0.250. The van der Waals surface area contributed by atoms with E-state index in [4.69, 9.17) is 0 Å². The normalized spacial score (nSPS) is 28.2. The fraction of sp³-hybridized carbons (Fsp3) is 0.750. The minimum atomic E-state index is 0.250. The quantitative estimate of drug-likeness (QED) is 0.900. The van der Waals surface area contributed by atoms with Crippen molar-refractivity contribution in [2.75, 3.05) is 13.1 Å². The third kappa shape index (κ3) is 2.90. The molecule has 3 aliphatic rings. The van der Waals surface area contributed by atoms with Crippen LogP contribution < -0.4 is 5.32 Å². The monoisotopic (exact) mass is 329 g/mol. The van der Waals surface area contributed by atoms with E-state index in [1.807, 2.05) is 0 Å². The van der Waals surface area contributed by atoms with Crippen LogP contribution in [0.2, 0.25) is 0 Å². The highest BCUT2D eigenvalue weighted by molar-refractivity contribution is 5.95. The first-order valence-corrected chi connectivity index (χ1v) is 9.87. The highest BCUT2D eigenvalue weighted by atomic mass is 16.2. The van der Waals surface area contributed by atoms with Gasteiger partial charge < -0.3 is 14.8 Å². The largest absolute Gasteiger partial charge is 0.345 e. The lowest BCUT2D eigenvalue weighted by atomic mass is 9.95. The Bertz CT molecular complexity index is 615. The standard InChI is InChI=1S/C20H31N3O/c1-14-12-19(15(2)23(14)18-6-4-3-5-7-18)20(24)22-11-10-16-8-9-17(13-22)21-16/h12,16-18,21H,3-11,13H2,1-2H3. The molecule has 2 bridgehead atoms. The molecule has 1 aliphatic carbocycles. The van der Waals surface area contributed by atoms with Crippen LogP contribution in [0.25, 0.3) is 0 Å². The lowest BCUT2D eigenvalue weighted by Crippen LogP contribution is -2.39. The number of carbonyl (C=O) groups is 1. The van der Waals surface area contributed by atoms with Crippen molar-refractivity contribution in [2.45, 2.75) is 83.3 Å². The zero-order valence-corrected chi connectivity index (χ0v) is 15.2. The fourth-order valence-electron chi connectivity index (χ4n) is 5.19. The maximum Gasteiger partial charge on any atom is 0.255 e. The molecule has 132 valence electrons. The second-order valence-corrected chi connectivity index (χ2v) is 8.12. The molecule has 1 saturated carbocycles. The zero-order chi connectivity index (χ0) is 16.7. The van der Waals surface area contributed by atoms with Crippen molar-refractivity contribution in [2.24, 2.45) is 0 Å². The van der Waals surface area contributed by atoms with Crippen LogP contribution in [0.5, 0.6) is 0 Å². The van der Waals surface area contributed by atoms with E-state index in [1.54, 1.807) is 0 Å². The topological polar surface area (TPSA) is 37.3 Å². The van der Waals surface area contributed by atoms with E-state index in [-0.39, 0.29) is 5.91 Å². The molecule has 2 aliphatic heterocycles. The maximum atomic E-state index is 13.2. The molecule has 4 nitrogen and oxygen atoms in total. The van der Waals surface area contributed by atoms with Gasteiger partial charge in [0.05, 0.1) is 5.56 Å². The fourth-order valence-corrected chi connectivity index (χ4v) is 5.19. The van der Waals surface area contributed by atoms with Gasteiger partial charge in [-0.25, -0.2) is 0 Å². The molecule has 0 radical (unpaired) electrons. The average Bonchev–Trinajstić information content (AvgIpc) is 3.06. The second-order valence-electron chi connectivity index (χ2n) is 8.12. The van der Waals surface area contributed by atoms with Crippen molar-refractivity contribution in [3.63, 3.8) is 0 Å². The van der Waals surface area contributed by atoms with E-state index in [9.17, 15) is 4.79 Å². The summed E-state index contributed by atoms with van der Waals surface area (Å²) in [7, 11) is 0. The molecule has 2 saturated heterocycles. The number of carbonyl (C=O) groups excluding carboxylic acids is 1. The van der Waals surface area contributed by atoms with Crippen LogP contribution in [0.3, 0.4) is 0 Å². The summed E-state index contributed by atoms with van der Waals surface area (Å²) in [4.78, 5) is 15.3. The van der Waals surface area contributed by atoms with Crippen LogP contribution in [0.15, 0.2) is 6.07 Å². The molecule has 24 heavy (non-hydrogen) atoms. The number of nitrogens with one attached hydrogen (secondary N) is 1. The number of hydrogen-bond acceptors (Lipinski definition) is 2. The van der Waals surface area contributed by atoms with E-state index in [2.05, 4.69) is 34.7 Å². The molecule has 1 aromatic heterocycles. The van der Waals surface area contributed by atoms with Crippen molar-refractivity contribution in [1.29, 1.82) is 0 Å². The van der Waals surface area contributed by atoms with Gasteiger partial charge >= 0.3 is 0 Å². The Hall–Kier alpha value is -1.29. The molecular formula is C20H31N3O. The Morgan fingerprint density at radius 1 is 1.04 bits per heavy atom. The predicted octanol–water partition coefficient (Wildman–Crippen LogP) is 3.58. The van der Waals surface area contributed by atoms with E-state index >= 15 is 0 Å². The lowest BCUT2D eigenvalue weighted by Gasteiger charge is -2.27. The molecule has 4 rings (SSSR count). The van der Waals surface area contributed by atoms with Crippen LogP contribution in [0, 0.1) is 13.8 Å². The van der Waals surface area contributed by atoms with Crippen molar-refractivity contribution < 1.29 is 4.79 Å². The summed E-state index contributed by atoms with van der Waals surface area (Å²) < 4.78 is 2.45. The van der Waals surface area contributed by atoms with Crippen LogP contribution >= 0.6 is 0 Å². The molecule has 1 amide bonds. The van der Waals surface area contributed by atoms with Crippen molar-refractivity contribution in [1.82, 2.24) is 14.8 Å². The summed E-state index contributed by atoms with van der Waals surface area (Å²) >= 11 is 0. The number of fused-ring (bicyclic) bond motifs is 2. The summed E-state index contributed by atoms with van der Waals surface area (Å²) in [6.45, 7) is 6.10. The van der Waals surface area contributed by atoms with E-state index in [0.29, 0.717) is 18.1 Å². The molecule has 1 aromatic rings. The Kier molecular flexibility index (Phi) is 4.42. The molecule has 4 heteroatoms. The second kappa shape index (κ2) is 6.55. The van der Waals surface area contributed by atoms with Gasteiger partial charge in [0.1, 0.15) is 0 Å². The van der Waals surface area contributed by atoms with Gasteiger partial charge in [-0.2, -0.15) is 0 Å². The molecule has 2 atom stereocenters. The number of likely N-dealkylation sites (tertiary alicyclic amines) is 1. The third-order valence-electron chi connectivity index (χ3n) is 6.47.